The van der Waals surface area contributed by atoms with Crippen molar-refractivity contribution in [1.82, 2.24) is 20.0 Å². The molecule has 0 bridgehead atoms. The number of nitrogens with zero attached hydrogens (tertiary/aromatic N) is 4. The Labute approximate surface area is 113 Å². The first-order valence-corrected chi connectivity index (χ1v) is 6.98. The van der Waals surface area contributed by atoms with Gasteiger partial charge in [0.05, 0.1) is 18.4 Å². The first-order chi connectivity index (χ1) is 9.26. The molecule has 3 rings (SSSR count). The smallest absolute Gasteiger partial charge is 0.279 e. The lowest BCUT2D eigenvalue weighted by atomic mass is 10.4. The molecule has 2 aromatic rings. The maximum Gasteiger partial charge on any atom is 0.279 e. The summed E-state index contributed by atoms with van der Waals surface area (Å²) in [4.78, 5) is 17.7. The van der Waals surface area contributed by atoms with Crippen LogP contribution in [0.5, 0.6) is 0 Å². The van der Waals surface area contributed by atoms with E-state index in [-0.39, 0.29) is 11.6 Å². The molecule has 0 saturated heterocycles. The fourth-order valence-electron chi connectivity index (χ4n) is 2.05. The predicted molar refractivity (Wildman–Crippen MR) is 71.2 cm³/mol. The van der Waals surface area contributed by atoms with Crippen LogP contribution in [0.3, 0.4) is 0 Å². The number of nitrogens with two attached hydrogens (primary N) is 1. The molecule has 0 atom stereocenters. The van der Waals surface area contributed by atoms with Gasteiger partial charge in [0.25, 0.3) is 5.91 Å². The molecule has 1 aliphatic carbocycles. The van der Waals surface area contributed by atoms with E-state index < -0.39 is 0 Å². The van der Waals surface area contributed by atoms with E-state index in [9.17, 15) is 4.79 Å². The van der Waals surface area contributed by atoms with Crippen LogP contribution in [-0.4, -0.2) is 32.4 Å². The number of carbonyl (C=O) groups excluding carboxylic acids is 1. The number of nitrogens with one attached hydrogen (secondary N) is 1. The molecule has 0 aromatic carbocycles. The topological polar surface area (TPSA) is 98.7 Å². The molecule has 1 amide bonds. The van der Waals surface area contributed by atoms with Gasteiger partial charge in [0.2, 0.25) is 0 Å². The van der Waals surface area contributed by atoms with Crippen LogP contribution in [0.25, 0.3) is 0 Å². The van der Waals surface area contributed by atoms with Gasteiger partial charge in [-0.2, -0.15) is 0 Å². The molecule has 2 heterocycles. The van der Waals surface area contributed by atoms with E-state index in [2.05, 4.69) is 20.6 Å². The van der Waals surface area contributed by atoms with Crippen molar-refractivity contribution in [2.75, 3.05) is 11.9 Å². The van der Waals surface area contributed by atoms with Crippen LogP contribution in [0.4, 0.5) is 5.13 Å². The molecular weight excluding hydrogens is 264 g/mol. The molecule has 0 spiro atoms. The van der Waals surface area contributed by atoms with E-state index in [1.54, 1.807) is 22.2 Å². The Hall–Kier alpha value is -1.80. The molecular formula is C11H14N6OS. The Balaban J connectivity index is 1.69. The summed E-state index contributed by atoms with van der Waals surface area (Å²) in [5, 5.41) is 11.1. The Bertz CT molecular complexity index is 583. The number of anilines is 1. The zero-order valence-corrected chi connectivity index (χ0v) is 11.1. The Morgan fingerprint density at radius 2 is 2.42 bits per heavy atom. The van der Waals surface area contributed by atoms with Crippen molar-refractivity contribution in [3.8, 4) is 0 Å². The predicted octanol–water partition coefficient (Wildman–Crippen LogP) is 0.434. The monoisotopic (exact) mass is 278 g/mol. The minimum absolute atomic E-state index is 0.281. The molecule has 7 nitrogen and oxygen atoms in total. The van der Waals surface area contributed by atoms with Gasteiger partial charge < -0.3 is 5.73 Å². The first-order valence-electron chi connectivity index (χ1n) is 6.16. The number of aryl methyl sites for hydroxylation is 2. The van der Waals surface area contributed by atoms with Crippen LogP contribution >= 0.6 is 11.3 Å². The summed E-state index contributed by atoms with van der Waals surface area (Å²) in [5.74, 6) is -0.282. The molecule has 8 heteroatoms. The van der Waals surface area contributed by atoms with Gasteiger partial charge in [-0.05, 0) is 19.3 Å². The van der Waals surface area contributed by atoms with E-state index >= 15 is 0 Å². The van der Waals surface area contributed by atoms with Crippen LogP contribution in [0.1, 0.15) is 27.5 Å². The van der Waals surface area contributed by atoms with Crippen LogP contribution < -0.4 is 11.1 Å². The second kappa shape index (κ2) is 5.06. The summed E-state index contributed by atoms with van der Waals surface area (Å²) in [7, 11) is 0. The SMILES string of the molecule is NCCn1cc(C(=O)Nc2nc3c(s2)CCC3)nn1. The van der Waals surface area contributed by atoms with E-state index in [1.807, 2.05) is 0 Å². The van der Waals surface area contributed by atoms with Crippen LogP contribution in [-0.2, 0) is 19.4 Å². The standard InChI is InChI=1S/C11H14N6OS/c12-4-5-17-6-8(15-16-17)10(18)14-11-13-7-2-1-3-9(7)19-11/h6H,1-5,12H2,(H,13,14,18). The molecule has 0 aliphatic heterocycles. The number of carbonyl (C=O) groups is 1. The highest BCUT2D eigenvalue weighted by Crippen LogP contribution is 2.30. The van der Waals surface area contributed by atoms with Crippen molar-refractivity contribution >= 4 is 22.4 Å². The van der Waals surface area contributed by atoms with Gasteiger partial charge >= 0.3 is 0 Å². The molecule has 0 fully saturated rings. The second-order valence-electron chi connectivity index (χ2n) is 4.35. The van der Waals surface area contributed by atoms with E-state index in [4.69, 9.17) is 5.73 Å². The minimum Gasteiger partial charge on any atom is -0.329 e. The normalized spacial score (nSPS) is 13.5. The maximum atomic E-state index is 12.0. The number of aromatic nitrogens is 4. The van der Waals surface area contributed by atoms with E-state index in [1.165, 1.54) is 4.88 Å². The quantitative estimate of drug-likeness (QED) is 0.845. The van der Waals surface area contributed by atoms with Gasteiger partial charge in [-0.1, -0.05) is 5.21 Å². The number of hydrogen-bond acceptors (Lipinski definition) is 6. The highest BCUT2D eigenvalue weighted by atomic mass is 32.1. The van der Waals surface area contributed by atoms with Gasteiger partial charge in [-0.15, -0.1) is 16.4 Å². The van der Waals surface area contributed by atoms with Crippen molar-refractivity contribution in [3.63, 3.8) is 0 Å². The Kier molecular flexibility index (Phi) is 3.26. The summed E-state index contributed by atoms with van der Waals surface area (Å²) in [6, 6.07) is 0. The number of thiazole rings is 1. The van der Waals surface area contributed by atoms with Crippen molar-refractivity contribution in [2.24, 2.45) is 5.73 Å². The lowest BCUT2D eigenvalue weighted by Gasteiger charge is -1.97. The number of rotatable bonds is 4. The molecule has 0 radical (unpaired) electrons. The Morgan fingerprint density at radius 1 is 1.53 bits per heavy atom. The van der Waals surface area contributed by atoms with Crippen LogP contribution in [0, 0.1) is 0 Å². The lowest BCUT2D eigenvalue weighted by molar-refractivity contribution is 0.102. The van der Waals surface area contributed by atoms with Gasteiger partial charge in [0.15, 0.2) is 10.8 Å². The van der Waals surface area contributed by atoms with Gasteiger partial charge in [0, 0.05) is 11.4 Å². The molecule has 0 unspecified atom stereocenters. The summed E-state index contributed by atoms with van der Waals surface area (Å²) < 4.78 is 1.55. The largest absolute Gasteiger partial charge is 0.329 e. The second-order valence-corrected chi connectivity index (χ2v) is 5.44. The number of fused-ring (bicyclic) bond motifs is 1. The fourth-order valence-corrected chi connectivity index (χ4v) is 3.09. The average molecular weight is 278 g/mol. The third-order valence-corrected chi connectivity index (χ3v) is 4.02. The van der Waals surface area contributed by atoms with Gasteiger partial charge in [-0.3, -0.25) is 14.8 Å². The van der Waals surface area contributed by atoms with Gasteiger partial charge in [0.1, 0.15) is 0 Å². The zero-order valence-electron chi connectivity index (χ0n) is 10.3. The zero-order chi connectivity index (χ0) is 13.2. The molecule has 3 N–H and O–H groups in total. The van der Waals surface area contributed by atoms with Crippen LogP contribution in [0.2, 0.25) is 0 Å². The van der Waals surface area contributed by atoms with Crippen molar-refractivity contribution in [3.05, 3.63) is 22.5 Å². The highest BCUT2D eigenvalue weighted by Gasteiger charge is 2.19. The third-order valence-electron chi connectivity index (χ3n) is 2.95. The number of hydrogen-bond donors (Lipinski definition) is 2. The maximum absolute atomic E-state index is 12.0. The van der Waals surface area contributed by atoms with Crippen LogP contribution in [0.15, 0.2) is 6.20 Å². The lowest BCUT2D eigenvalue weighted by Crippen LogP contribution is -2.12. The minimum atomic E-state index is -0.282. The third kappa shape index (κ3) is 2.49. The average Bonchev–Trinajstić information content (AvgIpc) is 3.03. The van der Waals surface area contributed by atoms with Crippen molar-refractivity contribution in [2.45, 2.75) is 25.8 Å². The molecule has 1 aliphatic rings. The van der Waals surface area contributed by atoms with Crippen molar-refractivity contribution < 1.29 is 4.79 Å². The summed E-state index contributed by atoms with van der Waals surface area (Å²) in [6.45, 7) is 1.01. The molecule has 100 valence electrons. The fraction of sp³-hybridized carbons (Fsp3) is 0.455. The molecule has 19 heavy (non-hydrogen) atoms. The highest BCUT2D eigenvalue weighted by molar-refractivity contribution is 7.15. The summed E-state index contributed by atoms with van der Waals surface area (Å²) in [6.07, 6.45) is 4.82. The van der Waals surface area contributed by atoms with E-state index in [0.29, 0.717) is 18.2 Å². The molecule has 2 aromatic heterocycles. The van der Waals surface area contributed by atoms with Gasteiger partial charge in [-0.25, -0.2) is 4.98 Å². The number of amides is 1. The molecule has 0 saturated carbocycles. The van der Waals surface area contributed by atoms with E-state index in [0.717, 1.165) is 25.0 Å². The summed E-state index contributed by atoms with van der Waals surface area (Å²) in [5.41, 5.74) is 6.81. The van der Waals surface area contributed by atoms with Crippen molar-refractivity contribution in [1.29, 1.82) is 0 Å². The summed E-state index contributed by atoms with van der Waals surface area (Å²) >= 11 is 1.54. The first kappa shape index (κ1) is 12.2. The Morgan fingerprint density at radius 3 is 3.21 bits per heavy atom.